The van der Waals surface area contributed by atoms with Gasteiger partial charge in [0.05, 0.1) is 0 Å². The Hall–Kier alpha value is -2.15. The summed E-state index contributed by atoms with van der Waals surface area (Å²) in [6.07, 6.45) is 0. The maximum absolute atomic E-state index is 11.1. The fraction of sp³-hybridized carbons (Fsp3) is 0.280. The molecule has 0 radical (unpaired) electrons. The third kappa shape index (κ3) is 4.46. The van der Waals surface area contributed by atoms with E-state index in [9.17, 15) is 5.11 Å². The van der Waals surface area contributed by atoms with Crippen molar-refractivity contribution in [3.63, 3.8) is 0 Å². The molecule has 1 N–H and O–H groups in total. The summed E-state index contributed by atoms with van der Waals surface area (Å²) in [6, 6.07) is 22.8. The number of para-hydroxylation sites is 1. The molecule has 28 heavy (non-hydrogen) atoms. The van der Waals surface area contributed by atoms with Gasteiger partial charge in [-0.25, -0.2) is 0 Å². The standard InChI is InChI=1S/C25H30NOP/c1-18-11-9-14-20(17-26(4)5)24(18)28-25(2,3)22-16-10-15-21(23(22)27)19-12-7-6-8-13-19/h6-16,27-28H,17H2,1-5H3. The van der Waals surface area contributed by atoms with E-state index in [1.165, 1.54) is 16.4 Å². The van der Waals surface area contributed by atoms with Crippen LogP contribution in [-0.2, 0) is 11.7 Å². The fourth-order valence-electron chi connectivity index (χ4n) is 3.66. The summed E-state index contributed by atoms with van der Waals surface area (Å²) in [5, 5.41) is 12.4. The van der Waals surface area contributed by atoms with Gasteiger partial charge in [0.25, 0.3) is 0 Å². The van der Waals surface area contributed by atoms with E-state index in [2.05, 4.69) is 70.1 Å². The molecule has 146 valence electrons. The van der Waals surface area contributed by atoms with E-state index < -0.39 is 0 Å². The van der Waals surface area contributed by atoms with E-state index in [1.807, 2.05) is 36.4 Å². The number of rotatable bonds is 6. The van der Waals surface area contributed by atoms with Crippen LogP contribution in [0.2, 0.25) is 0 Å². The summed E-state index contributed by atoms with van der Waals surface area (Å²) >= 11 is 0. The van der Waals surface area contributed by atoms with E-state index in [-0.39, 0.29) is 5.16 Å². The van der Waals surface area contributed by atoms with E-state index in [4.69, 9.17) is 0 Å². The minimum atomic E-state index is -0.165. The van der Waals surface area contributed by atoms with Gasteiger partial charge in [-0.1, -0.05) is 89.2 Å². The van der Waals surface area contributed by atoms with Crippen molar-refractivity contribution in [3.05, 3.63) is 83.4 Å². The van der Waals surface area contributed by atoms with Crippen LogP contribution in [0.3, 0.4) is 0 Å². The first-order chi connectivity index (χ1) is 13.3. The second-order valence-electron chi connectivity index (χ2n) is 8.16. The molecule has 3 heteroatoms. The topological polar surface area (TPSA) is 23.5 Å². The van der Waals surface area contributed by atoms with Crippen molar-refractivity contribution in [1.82, 2.24) is 4.90 Å². The zero-order valence-corrected chi connectivity index (χ0v) is 18.5. The SMILES string of the molecule is Cc1cccc(CN(C)C)c1PC(C)(C)c1cccc(-c2ccccc2)c1O. The molecule has 1 unspecified atom stereocenters. The Balaban J connectivity index is 2.01. The monoisotopic (exact) mass is 391 g/mol. The van der Waals surface area contributed by atoms with Crippen LogP contribution in [0.25, 0.3) is 11.1 Å². The van der Waals surface area contributed by atoms with Gasteiger partial charge in [-0.2, -0.15) is 0 Å². The van der Waals surface area contributed by atoms with Crippen LogP contribution in [0.4, 0.5) is 0 Å². The Morgan fingerprint density at radius 2 is 1.57 bits per heavy atom. The van der Waals surface area contributed by atoms with Crippen molar-refractivity contribution >= 4 is 13.9 Å². The molecular weight excluding hydrogens is 361 g/mol. The maximum Gasteiger partial charge on any atom is 0.127 e. The second kappa shape index (κ2) is 8.47. The van der Waals surface area contributed by atoms with Gasteiger partial charge in [0, 0.05) is 22.8 Å². The molecule has 0 saturated heterocycles. The van der Waals surface area contributed by atoms with Crippen LogP contribution >= 0.6 is 8.58 Å². The summed E-state index contributed by atoms with van der Waals surface area (Å²) in [6.45, 7) is 7.59. The first-order valence-corrected chi connectivity index (χ1v) is 10.7. The van der Waals surface area contributed by atoms with E-state index in [0.29, 0.717) is 14.3 Å². The van der Waals surface area contributed by atoms with Gasteiger partial charge < -0.3 is 10.0 Å². The summed E-state index contributed by atoms with van der Waals surface area (Å²) in [5.41, 5.74) is 5.64. The highest BCUT2D eigenvalue weighted by Gasteiger charge is 2.27. The third-order valence-corrected chi connectivity index (χ3v) is 6.94. The van der Waals surface area contributed by atoms with Gasteiger partial charge in [-0.05, 0) is 43.0 Å². The lowest BCUT2D eigenvalue weighted by Gasteiger charge is -2.29. The molecule has 2 nitrogen and oxygen atoms in total. The van der Waals surface area contributed by atoms with Crippen LogP contribution in [0, 0.1) is 6.92 Å². The first kappa shape index (κ1) is 20.6. The van der Waals surface area contributed by atoms with Crippen molar-refractivity contribution in [2.45, 2.75) is 32.5 Å². The van der Waals surface area contributed by atoms with Crippen molar-refractivity contribution in [3.8, 4) is 16.9 Å². The highest BCUT2D eigenvalue weighted by Crippen LogP contribution is 2.47. The lowest BCUT2D eigenvalue weighted by Crippen LogP contribution is -2.22. The van der Waals surface area contributed by atoms with Gasteiger partial charge in [0.2, 0.25) is 0 Å². The van der Waals surface area contributed by atoms with E-state index >= 15 is 0 Å². The van der Waals surface area contributed by atoms with Crippen LogP contribution in [-0.4, -0.2) is 24.1 Å². The summed E-state index contributed by atoms with van der Waals surface area (Å²) < 4.78 is 0. The molecule has 0 bridgehead atoms. The molecule has 0 aliphatic carbocycles. The van der Waals surface area contributed by atoms with E-state index in [0.717, 1.165) is 23.2 Å². The zero-order valence-electron chi connectivity index (χ0n) is 17.5. The summed E-state index contributed by atoms with van der Waals surface area (Å²) in [5.74, 6) is 0.397. The molecule has 0 saturated carbocycles. The van der Waals surface area contributed by atoms with Gasteiger partial charge in [0.1, 0.15) is 5.75 Å². The first-order valence-electron chi connectivity index (χ1n) is 9.69. The maximum atomic E-state index is 11.1. The van der Waals surface area contributed by atoms with Crippen LogP contribution in [0.1, 0.15) is 30.5 Å². The number of aromatic hydroxyl groups is 1. The molecule has 0 spiro atoms. The molecule has 1 atom stereocenters. The molecule has 0 amide bonds. The zero-order chi connectivity index (χ0) is 20.3. The molecule has 3 rings (SSSR count). The highest BCUT2D eigenvalue weighted by molar-refractivity contribution is 7.48. The van der Waals surface area contributed by atoms with Gasteiger partial charge in [0.15, 0.2) is 0 Å². The van der Waals surface area contributed by atoms with Crippen molar-refractivity contribution in [2.24, 2.45) is 0 Å². The molecule has 3 aromatic carbocycles. The highest BCUT2D eigenvalue weighted by atomic mass is 31.1. The average Bonchev–Trinajstić information content (AvgIpc) is 2.65. The Kier molecular flexibility index (Phi) is 6.23. The second-order valence-corrected chi connectivity index (χ2v) is 10.2. The van der Waals surface area contributed by atoms with Crippen LogP contribution < -0.4 is 5.30 Å². The van der Waals surface area contributed by atoms with Gasteiger partial charge in [-0.15, -0.1) is 0 Å². The Labute approximate surface area is 171 Å². The largest absolute Gasteiger partial charge is 0.507 e. The minimum absolute atomic E-state index is 0.165. The molecule has 0 aliphatic heterocycles. The third-order valence-electron chi connectivity index (χ3n) is 5.08. The Morgan fingerprint density at radius 1 is 0.893 bits per heavy atom. The van der Waals surface area contributed by atoms with Crippen molar-refractivity contribution in [2.75, 3.05) is 14.1 Å². The van der Waals surface area contributed by atoms with Crippen LogP contribution in [0.5, 0.6) is 5.75 Å². The quantitative estimate of drug-likeness (QED) is 0.548. The number of phenolic OH excluding ortho intramolecular Hbond substituents is 1. The smallest absolute Gasteiger partial charge is 0.127 e. The molecule has 0 aliphatic rings. The molecule has 0 heterocycles. The Bertz CT molecular complexity index is 948. The fourth-order valence-corrected chi connectivity index (χ4v) is 5.22. The lowest BCUT2D eigenvalue weighted by molar-refractivity contribution is 0.403. The Morgan fingerprint density at radius 3 is 2.25 bits per heavy atom. The van der Waals surface area contributed by atoms with E-state index in [1.54, 1.807) is 0 Å². The predicted octanol–water partition coefficient (Wildman–Crippen LogP) is 5.67. The number of aryl methyl sites for hydroxylation is 1. The molecular formula is C25H30NOP. The van der Waals surface area contributed by atoms with Gasteiger partial charge in [-0.3, -0.25) is 0 Å². The van der Waals surface area contributed by atoms with Crippen molar-refractivity contribution < 1.29 is 5.11 Å². The average molecular weight is 391 g/mol. The number of hydrogen-bond donors (Lipinski definition) is 1. The number of hydrogen-bond acceptors (Lipinski definition) is 2. The number of nitrogens with zero attached hydrogens (tertiary/aromatic N) is 1. The summed E-state index contributed by atoms with van der Waals surface area (Å²) in [4.78, 5) is 2.21. The van der Waals surface area contributed by atoms with Crippen molar-refractivity contribution in [1.29, 1.82) is 0 Å². The predicted molar refractivity (Wildman–Crippen MR) is 123 cm³/mol. The van der Waals surface area contributed by atoms with Crippen LogP contribution in [0.15, 0.2) is 66.7 Å². The normalized spacial score (nSPS) is 12.2. The number of phenols is 1. The number of benzene rings is 3. The minimum Gasteiger partial charge on any atom is -0.507 e. The molecule has 0 fully saturated rings. The van der Waals surface area contributed by atoms with Gasteiger partial charge >= 0.3 is 0 Å². The lowest BCUT2D eigenvalue weighted by atomic mass is 9.95. The molecule has 0 aromatic heterocycles. The molecule has 3 aromatic rings. The summed E-state index contributed by atoms with van der Waals surface area (Å²) in [7, 11) is 4.78.